The smallest absolute Gasteiger partial charge is 0.339 e. The average molecular weight is 388 g/mol. The van der Waals surface area contributed by atoms with E-state index in [0.29, 0.717) is 28.5 Å². The predicted octanol–water partition coefficient (Wildman–Crippen LogP) is 4.23. The van der Waals surface area contributed by atoms with Crippen LogP contribution in [0.4, 0.5) is 15.8 Å². The molecule has 0 fully saturated rings. The van der Waals surface area contributed by atoms with Gasteiger partial charge in [-0.25, -0.2) is 9.18 Å². The molecular weight excluding hydrogens is 373 g/mol. The highest BCUT2D eigenvalue weighted by atomic mass is 35.5. The van der Waals surface area contributed by atoms with Crippen LogP contribution in [0.5, 0.6) is 0 Å². The van der Waals surface area contributed by atoms with Gasteiger partial charge in [0.2, 0.25) is 0 Å². The van der Waals surface area contributed by atoms with Crippen molar-refractivity contribution >= 4 is 28.9 Å². The second kappa shape index (κ2) is 7.59. The van der Waals surface area contributed by atoms with E-state index in [9.17, 15) is 19.1 Å². The number of rotatable bonds is 5. The fourth-order valence-corrected chi connectivity index (χ4v) is 2.85. The molecule has 6 nitrogen and oxygen atoms in total. The van der Waals surface area contributed by atoms with Gasteiger partial charge in [-0.15, -0.1) is 0 Å². The van der Waals surface area contributed by atoms with E-state index in [-0.39, 0.29) is 16.7 Å². The number of pyridine rings is 2. The first kappa shape index (κ1) is 18.6. The SMILES string of the molecule is CCc1[nH]c(=O)c(-c2cc(Cl)ccc2F)cc1Nc1ccncc1C(=O)O. The van der Waals surface area contributed by atoms with Gasteiger partial charge in [0.1, 0.15) is 11.4 Å². The Bertz CT molecular complexity index is 1080. The quantitative estimate of drug-likeness (QED) is 0.608. The molecule has 0 saturated carbocycles. The largest absolute Gasteiger partial charge is 0.478 e. The van der Waals surface area contributed by atoms with Crippen LogP contribution in [0, 0.1) is 5.82 Å². The van der Waals surface area contributed by atoms with Gasteiger partial charge in [0.15, 0.2) is 0 Å². The van der Waals surface area contributed by atoms with Crippen molar-refractivity contribution < 1.29 is 14.3 Å². The van der Waals surface area contributed by atoms with E-state index in [4.69, 9.17) is 11.6 Å². The molecule has 3 aromatic rings. The third-order valence-corrected chi connectivity index (χ3v) is 4.25. The number of nitrogens with one attached hydrogen (secondary N) is 2. The van der Waals surface area contributed by atoms with E-state index in [1.54, 1.807) is 0 Å². The lowest BCUT2D eigenvalue weighted by Crippen LogP contribution is -2.15. The van der Waals surface area contributed by atoms with Gasteiger partial charge in [-0.3, -0.25) is 9.78 Å². The number of nitrogens with zero attached hydrogens (tertiary/aromatic N) is 1. The Labute approximate surface area is 158 Å². The second-order valence-electron chi connectivity index (χ2n) is 5.73. The fourth-order valence-electron chi connectivity index (χ4n) is 2.68. The third-order valence-electron chi connectivity index (χ3n) is 4.02. The molecule has 1 aromatic carbocycles. The van der Waals surface area contributed by atoms with Crippen molar-refractivity contribution in [2.24, 2.45) is 0 Å². The number of anilines is 2. The van der Waals surface area contributed by atoms with E-state index in [2.05, 4.69) is 15.3 Å². The summed E-state index contributed by atoms with van der Waals surface area (Å²) in [5, 5.41) is 12.6. The lowest BCUT2D eigenvalue weighted by Gasteiger charge is -2.14. The van der Waals surface area contributed by atoms with Gasteiger partial charge in [-0.1, -0.05) is 18.5 Å². The van der Waals surface area contributed by atoms with Crippen LogP contribution in [0.3, 0.4) is 0 Å². The Morgan fingerprint density at radius 1 is 1.26 bits per heavy atom. The number of aryl methyl sites for hydroxylation is 1. The van der Waals surface area contributed by atoms with Gasteiger partial charge < -0.3 is 15.4 Å². The molecule has 0 aliphatic heterocycles. The Morgan fingerprint density at radius 2 is 2.04 bits per heavy atom. The van der Waals surface area contributed by atoms with Crippen LogP contribution in [0.15, 0.2) is 47.5 Å². The van der Waals surface area contributed by atoms with E-state index < -0.39 is 17.3 Å². The lowest BCUT2D eigenvalue weighted by atomic mass is 10.0. The van der Waals surface area contributed by atoms with Gasteiger partial charge in [-0.05, 0) is 36.8 Å². The predicted molar refractivity (Wildman–Crippen MR) is 101 cm³/mol. The maximum absolute atomic E-state index is 14.2. The van der Waals surface area contributed by atoms with Crippen molar-refractivity contribution in [1.82, 2.24) is 9.97 Å². The van der Waals surface area contributed by atoms with Crippen LogP contribution >= 0.6 is 11.6 Å². The molecule has 3 rings (SSSR count). The zero-order valence-corrected chi connectivity index (χ0v) is 15.0. The Kier molecular flexibility index (Phi) is 5.23. The fraction of sp³-hybridized carbons (Fsp3) is 0.105. The zero-order valence-electron chi connectivity index (χ0n) is 14.2. The summed E-state index contributed by atoms with van der Waals surface area (Å²) in [5.41, 5.74) is 0.965. The molecule has 0 unspecified atom stereocenters. The van der Waals surface area contributed by atoms with Crippen LogP contribution in [0.1, 0.15) is 23.0 Å². The molecule has 0 saturated heterocycles. The van der Waals surface area contributed by atoms with Crippen LogP contribution in [-0.4, -0.2) is 21.0 Å². The van der Waals surface area contributed by atoms with Gasteiger partial charge in [0.05, 0.1) is 16.9 Å². The zero-order chi connectivity index (χ0) is 19.6. The molecule has 0 amide bonds. The van der Waals surface area contributed by atoms with Crippen molar-refractivity contribution in [2.45, 2.75) is 13.3 Å². The molecule has 0 spiro atoms. The molecule has 27 heavy (non-hydrogen) atoms. The van der Waals surface area contributed by atoms with Gasteiger partial charge >= 0.3 is 5.97 Å². The van der Waals surface area contributed by atoms with Crippen molar-refractivity contribution in [3.05, 3.63) is 75.2 Å². The van der Waals surface area contributed by atoms with Crippen LogP contribution in [0.2, 0.25) is 5.02 Å². The molecular formula is C19H15ClFN3O3. The number of aromatic carboxylic acids is 1. The summed E-state index contributed by atoms with van der Waals surface area (Å²) in [4.78, 5) is 30.4. The highest BCUT2D eigenvalue weighted by Crippen LogP contribution is 2.29. The molecule has 3 N–H and O–H groups in total. The van der Waals surface area contributed by atoms with Crippen LogP contribution in [-0.2, 0) is 6.42 Å². The third kappa shape index (κ3) is 3.83. The molecule has 0 bridgehead atoms. The number of carboxylic acid groups (broad SMARTS) is 1. The molecule has 0 atom stereocenters. The summed E-state index contributed by atoms with van der Waals surface area (Å²) >= 11 is 5.94. The van der Waals surface area contributed by atoms with Crippen molar-refractivity contribution in [3.63, 3.8) is 0 Å². The number of aromatic amines is 1. The number of benzene rings is 1. The molecule has 138 valence electrons. The first-order valence-electron chi connectivity index (χ1n) is 8.06. The Hall–Kier alpha value is -3.19. The number of halogens is 2. The number of hydrogen-bond donors (Lipinski definition) is 3. The second-order valence-corrected chi connectivity index (χ2v) is 6.17. The molecule has 0 aliphatic carbocycles. The molecule has 2 heterocycles. The summed E-state index contributed by atoms with van der Waals surface area (Å²) in [6, 6.07) is 6.94. The van der Waals surface area contributed by atoms with Gasteiger partial charge in [0.25, 0.3) is 5.56 Å². The normalized spacial score (nSPS) is 10.6. The topological polar surface area (TPSA) is 95.1 Å². The van der Waals surface area contributed by atoms with Crippen molar-refractivity contribution in [1.29, 1.82) is 0 Å². The molecule has 0 aliphatic rings. The minimum absolute atomic E-state index is 0.0266. The summed E-state index contributed by atoms with van der Waals surface area (Å²) in [6.45, 7) is 1.83. The number of carbonyl (C=O) groups is 1. The Morgan fingerprint density at radius 3 is 2.74 bits per heavy atom. The first-order chi connectivity index (χ1) is 12.9. The Balaban J connectivity index is 2.15. The number of H-pyrrole nitrogens is 1. The molecule has 0 radical (unpaired) electrons. The monoisotopic (exact) mass is 387 g/mol. The van der Waals surface area contributed by atoms with E-state index in [0.717, 1.165) is 0 Å². The molecule has 2 aromatic heterocycles. The van der Waals surface area contributed by atoms with Gasteiger partial charge in [-0.2, -0.15) is 0 Å². The van der Waals surface area contributed by atoms with E-state index >= 15 is 0 Å². The summed E-state index contributed by atoms with van der Waals surface area (Å²) < 4.78 is 14.2. The summed E-state index contributed by atoms with van der Waals surface area (Å²) in [7, 11) is 0. The maximum Gasteiger partial charge on any atom is 0.339 e. The molecule has 8 heteroatoms. The van der Waals surface area contributed by atoms with E-state index in [1.807, 2.05) is 6.92 Å². The van der Waals surface area contributed by atoms with Crippen molar-refractivity contribution in [3.8, 4) is 11.1 Å². The number of aromatic nitrogens is 2. The summed E-state index contributed by atoms with van der Waals surface area (Å²) in [5.74, 6) is -1.73. The van der Waals surface area contributed by atoms with Crippen LogP contribution in [0.25, 0.3) is 11.1 Å². The maximum atomic E-state index is 14.2. The van der Waals surface area contributed by atoms with Crippen LogP contribution < -0.4 is 10.9 Å². The number of hydrogen-bond acceptors (Lipinski definition) is 4. The number of carboxylic acids is 1. The van der Waals surface area contributed by atoms with Gasteiger partial charge in [0, 0.05) is 28.7 Å². The average Bonchev–Trinajstić information content (AvgIpc) is 2.65. The lowest BCUT2D eigenvalue weighted by molar-refractivity contribution is 0.0697. The summed E-state index contributed by atoms with van der Waals surface area (Å²) in [6.07, 6.45) is 3.15. The highest BCUT2D eigenvalue weighted by Gasteiger charge is 2.16. The highest BCUT2D eigenvalue weighted by molar-refractivity contribution is 6.30. The minimum Gasteiger partial charge on any atom is -0.478 e. The first-order valence-corrected chi connectivity index (χ1v) is 8.44. The van der Waals surface area contributed by atoms with Crippen molar-refractivity contribution in [2.75, 3.05) is 5.32 Å². The standard InChI is InChI=1S/C19H15ClFN3O3/c1-2-15-17(23-16-5-6-22-9-13(16)19(26)27)8-12(18(25)24-15)11-7-10(20)3-4-14(11)21/h3-9H,2H2,1H3,(H,22,23)(H,24,25)(H,26,27). The van der Waals surface area contributed by atoms with E-state index in [1.165, 1.54) is 42.7 Å². The minimum atomic E-state index is -1.14.